The van der Waals surface area contributed by atoms with Crippen LogP contribution in [0.2, 0.25) is 0 Å². The third-order valence-electron chi connectivity index (χ3n) is 15.7. The van der Waals surface area contributed by atoms with Crippen LogP contribution in [0.5, 0.6) is 0 Å². The Morgan fingerprint density at radius 3 is 1.87 bits per heavy atom. The number of anilines is 6. The molecule has 4 heterocycles. The first-order chi connectivity index (χ1) is 28.0. The molecule has 1 aromatic heterocycles. The van der Waals surface area contributed by atoms with E-state index in [-0.39, 0.29) is 33.8 Å². The molecule has 3 aliphatic heterocycles. The molecule has 0 radical (unpaired) electrons. The maximum absolute atomic E-state index is 15.7. The number of hydrogen-bond acceptors (Lipinski definition) is 3. The highest BCUT2D eigenvalue weighted by Gasteiger charge is 2.55. The minimum atomic E-state index is -4.57. The fourth-order valence-electron chi connectivity index (χ4n) is 12.0. The lowest BCUT2D eigenvalue weighted by Gasteiger charge is -2.55. The van der Waals surface area contributed by atoms with Gasteiger partial charge in [0.25, 0.3) is 6.71 Å². The van der Waals surface area contributed by atoms with Crippen molar-refractivity contribution in [2.24, 2.45) is 0 Å². The summed E-state index contributed by atoms with van der Waals surface area (Å²) in [5.74, 6) is 0. The van der Waals surface area contributed by atoms with Crippen LogP contribution in [0.4, 0.5) is 47.3 Å². The van der Waals surface area contributed by atoms with Gasteiger partial charge in [-0.3, -0.25) is 0 Å². The van der Waals surface area contributed by atoms with E-state index in [4.69, 9.17) is 0 Å². The summed E-state index contributed by atoms with van der Waals surface area (Å²) in [5.41, 5.74) is 15.1. The molecule has 6 aromatic rings. The summed E-state index contributed by atoms with van der Waals surface area (Å²) in [4.78, 5) is 4.52. The molecule has 0 bridgehead atoms. The van der Waals surface area contributed by atoms with Gasteiger partial charge in [0.2, 0.25) is 0 Å². The second kappa shape index (κ2) is 11.7. The summed E-state index contributed by atoms with van der Waals surface area (Å²) in [6.07, 6.45) is -0.406. The zero-order chi connectivity index (χ0) is 42.4. The van der Waals surface area contributed by atoms with E-state index < -0.39 is 11.7 Å². The molecule has 0 saturated carbocycles. The van der Waals surface area contributed by atoms with Gasteiger partial charge in [-0.05, 0) is 134 Å². The maximum atomic E-state index is 15.7. The van der Waals surface area contributed by atoms with E-state index in [1.54, 1.807) is 11.3 Å². The van der Waals surface area contributed by atoms with Crippen LogP contribution in [0.15, 0.2) is 78.9 Å². The van der Waals surface area contributed by atoms with E-state index in [1.165, 1.54) is 55.8 Å². The monoisotopic (exact) mass is 818 g/mol. The van der Waals surface area contributed by atoms with Gasteiger partial charge < -0.3 is 9.80 Å². The van der Waals surface area contributed by atoms with Crippen LogP contribution in [0.25, 0.3) is 10.1 Å². The molecule has 11 rings (SSSR count). The molecule has 2 aliphatic carbocycles. The fourth-order valence-corrected chi connectivity index (χ4v) is 13.3. The second-order valence-corrected chi connectivity index (χ2v) is 23.0. The topological polar surface area (TPSA) is 6.48 Å². The molecule has 1 atom stereocenters. The minimum absolute atomic E-state index is 0.0179. The van der Waals surface area contributed by atoms with Crippen LogP contribution >= 0.6 is 11.3 Å². The molecule has 306 valence electrons. The lowest BCUT2D eigenvalue weighted by molar-refractivity contribution is -0.137. The number of nitrogens with zero attached hydrogens (tertiary/aromatic N) is 2. The van der Waals surface area contributed by atoms with Gasteiger partial charge in [-0.1, -0.05) is 118 Å². The highest BCUT2D eigenvalue weighted by Crippen LogP contribution is 2.63. The van der Waals surface area contributed by atoms with E-state index in [0.29, 0.717) is 11.4 Å². The standard InChI is InChI=1S/C53H54BF3N2S/c1-29-24-30(48(2,3)4)16-19-38(29)58-40-25-31(53(55,56)57)26-41-44(40)54(47-45(58)32-14-12-13-15-42(32)60-47)37-18-17-33-43-46(37)59(41)39-28-35-34(50(7,8)20-21-51(35,9)10)27-36(39)52(43,11)23-22-49(33,5)6/h12-19,24-28H,20-23H2,1-11H3. The van der Waals surface area contributed by atoms with E-state index in [1.807, 2.05) is 0 Å². The normalized spacial score (nSPS) is 21.3. The summed E-state index contributed by atoms with van der Waals surface area (Å²) in [7, 11) is 0. The molecule has 0 spiro atoms. The molecule has 7 heteroatoms. The average molecular weight is 819 g/mol. The molecule has 2 nitrogen and oxygen atoms in total. The quantitative estimate of drug-likeness (QED) is 0.152. The van der Waals surface area contributed by atoms with Crippen molar-refractivity contribution in [3.8, 4) is 0 Å². The fraction of sp³-hybridized carbons (Fsp3) is 0.396. The van der Waals surface area contributed by atoms with Crippen LogP contribution in [-0.4, -0.2) is 6.71 Å². The number of thiophene rings is 1. The Balaban J connectivity index is 1.31. The predicted molar refractivity (Wildman–Crippen MR) is 248 cm³/mol. The molecular formula is C53H54BF3N2S. The van der Waals surface area contributed by atoms with E-state index in [9.17, 15) is 0 Å². The van der Waals surface area contributed by atoms with E-state index >= 15 is 13.2 Å². The number of halogens is 3. The molecule has 5 aromatic carbocycles. The molecule has 1 unspecified atom stereocenters. The van der Waals surface area contributed by atoms with Gasteiger partial charge in [0.1, 0.15) is 0 Å². The largest absolute Gasteiger partial charge is 0.416 e. The van der Waals surface area contributed by atoms with Gasteiger partial charge >= 0.3 is 6.18 Å². The first kappa shape index (κ1) is 38.4. The summed E-state index contributed by atoms with van der Waals surface area (Å²) < 4.78 is 49.5. The van der Waals surface area contributed by atoms with Crippen molar-refractivity contribution in [1.82, 2.24) is 0 Å². The van der Waals surface area contributed by atoms with Crippen molar-refractivity contribution in [1.29, 1.82) is 0 Å². The van der Waals surface area contributed by atoms with Gasteiger partial charge in [-0.25, -0.2) is 0 Å². The summed E-state index contributed by atoms with van der Waals surface area (Å²) in [5, 5.41) is 1.07. The third-order valence-corrected chi connectivity index (χ3v) is 16.9. The zero-order valence-electron chi connectivity index (χ0n) is 36.8. The Hall–Kier alpha value is -4.49. The number of alkyl halides is 3. The first-order valence-electron chi connectivity index (χ1n) is 21.9. The Morgan fingerprint density at radius 2 is 1.22 bits per heavy atom. The van der Waals surface area contributed by atoms with Crippen molar-refractivity contribution in [3.05, 3.63) is 123 Å². The van der Waals surface area contributed by atoms with Crippen molar-refractivity contribution < 1.29 is 13.2 Å². The Morgan fingerprint density at radius 1 is 0.600 bits per heavy atom. The Kier molecular flexibility index (Phi) is 7.50. The average Bonchev–Trinajstić information content (AvgIpc) is 3.56. The zero-order valence-corrected chi connectivity index (χ0v) is 37.7. The number of hydrogen-bond donors (Lipinski definition) is 0. The second-order valence-electron chi connectivity index (χ2n) is 21.9. The van der Waals surface area contributed by atoms with Gasteiger partial charge in [-0.15, -0.1) is 11.3 Å². The van der Waals surface area contributed by atoms with Crippen LogP contribution in [0.3, 0.4) is 0 Å². The number of rotatable bonds is 1. The molecule has 0 N–H and O–H groups in total. The predicted octanol–water partition coefficient (Wildman–Crippen LogP) is 13.6. The SMILES string of the molecule is Cc1cc(C(C)(C)C)ccc1N1c2cc(C(F)(F)F)cc3c2B(c2ccc4c5c2N3c2cc3c(cc2C5(C)CCC4(C)C)C(C)(C)CCC3(C)C)c2sc3ccccc3c21. The van der Waals surface area contributed by atoms with E-state index in [0.717, 1.165) is 69.5 Å². The van der Waals surface area contributed by atoms with Gasteiger partial charge in [0.15, 0.2) is 0 Å². The number of fused-ring (bicyclic) bond motifs is 10. The van der Waals surface area contributed by atoms with Crippen LogP contribution in [0.1, 0.15) is 139 Å². The number of aryl methyl sites for hydroxylation is 1. The Labute approximate surface area is 357 Å². The molecular weight excluding hydrogens is 764 g/mol. The smallest absolute Gasteiger partial charge is 0.311 e. The first-order valence-corrected chi connectivity index (χ1v) is 22.7. The van der Waals surface area contributed by atoms with E-state index in [2.05, 4.69) is 153 Å². The van der Waals surface area contributed by atoms with Crippen LogP contribution in [0, 0.1) is 6.92 Å². The third kappa shape index (κ3) is 4.96. The molecule has 5 aliphatic rings. The highest BCUT2D eigenvalue weighted by molar-refractivity contribution is 7.33. The van der Waals surface area contributed by atoms with Crippen LogP contribution in [-0.2, 0) is 33.3 Å². The minimum Gasteiger partial charge on any atom is -0.311 e. The lowest BCUT2D eigenvalue weighted by Crippen LogP contribution is -2.62. The van der Waals surface area contributed by atoms with Crippen molar-refractivity contribution >= 4 is 78.0 Å². The number of benzene rings is 5. The van der Waals surface area contributed by atoms with Crippen LogP contribution < -0.4 is 25.5 Å². The van der Waals surface area contributed by atoms with Gasteiger partial charge in [0.05, 0.1) is 16.9 Å². The Bertz CT molecular complexity index is 2890. The highest BCUT2D eigenvalue weighted by atomic mass is 32.1. The van der Waals surface area contributed by atoms with Crippen molar-refractivity contribution in [2.45, 2.75) is 135 Å². The summed E-state index contributed by atoms with van der Waals surface area (Å²) in [6.45, 7) is 25.1. The van der Waals surface area contributed by atoms with Gasteiger partial charge in [-0.2, -0.15) is 13.2 Å². The van der Waals surface area contributed by atoms with Crippen molar-refractivity contribution in [2.75, 3.05) is 9.80 Å². The maximum Gasteiger partial charge on any atom is 0.416 e. The molecule has 0 fully saturated rings. The molecule has 60 heavy (non-hydrogen) atoms. The lowest BCUT2D eigenvalue weighted by atomic mass is 9.35. The van der Waals surface area contributed by atoms with Crippen molar-refractivity contribution in [3.63, 3.8) is 0 Å². The van der Waals surface area contributed by atoms with Gasteiger partial charge in [0, 0.05) is 43.0 Å². The summed E-state index contributed by atoms with van der Waals surface area (Å²) in [6, 6.07) is 27.6. The molecule has 0 amide bonds. The summed E-state index contributed by atoms with van der Waals surface area (Å²) >= 11 is 1.80. The molecule has 0 saturated heterocycles.